The number of benzene rings is 1. The molecule has 0 bridgehead atoms. The van der Waals surface area contributed by atoms with Gasteiger partial charge in [-0.2, -0.15) is 0 Å². The molecule has 0 aliphatic heterocycles. The molecule has 0 saturated heterocycles. The van der Waals surface area contributed by atoms with Gasteiger partial charge in [0, 0.05) is 25.9 Å². The van der Waals surface area contributed by atoms with Crippen molar-refractivity contribution >= 4 is 20.4 Å². The highest BCUT2D eigenvalue weighted by Gasteiger charge is 2.40. The summed E-state index contributed by atoms with van der Waals surface area (Å²) in [6.45, 7) is 7.71. The summed E-state index contributed by atoms with van der Waals surface area (Å²) in [5.41, 5.74) is 1.13. The van der Waals surface area contributed by atoms with E-state index in [9.17, 15) is 0 Å². The van der Waals surface area contributed by atoms with Crippen LogP contribution in [-0.4, -0.2) is 28.6 Å². The first-order chi connectivity index (χ1) is 9.67. The molecule has 3 nitrogen and oxygen atoms in total. The third-order valence-electron chi connectivity index (χ3n) is 2.96. The summed E-state index contributed by atoms with van der Waals surface area (Å²) >= 11 is 6.47. The summed E-state index contributed by atoms with van der Waals surface area (Å²) in [6.07, 6.45) is 0.789. The summed E-state index contributed by atoms with van der Waals surface area (Å²) in [6, 6.07) is 10.8. The molecule has 0 fully saturated rings. The molecule has 1 atom stereocenters. The van der Waals surface area contributed by atoms with Crippen LogP contribution in [-0.2, 0) is 13.3 Å². The molecule has 0 radical (unpaired) electrons. The molecule has 0 aliphatic carbocycles. The zero-order valence-corrected chi connectivity index (χ0v) is 14.4. The lowest BCUT2D eigenvalue weighted by molar-refractivity contribution is 0.0707. The molecule has 0 aliphatic rings. The average molecular weight is 317 g/mol. The van der Waals surface area contributed by atoms with E-state index in [-0.39, 0.29) is 5.38 Å². The van der Waals surface area contributed by atoms with Crippen molar-refractivity contribution in [3.8, 4) is 0 Å². The highest BCUT2D eigenvalue weighted by molar-refractivity contribution is 6.60. The molecule has 1 unspecified atom stereocenters. The second-order valence-electron chi connectivity index (χ2n) is 4.40. The van der Waals surface area contributed by atoms with Crippen LogP contribution in [0.15, 0.2) is 30.3 Å². The van der Waals surface area contributed by atoms with E-state index in [1.165, 1.54) is 0 Å². The fraction of sp³-hybridized carbons (Fsp3) is 0.600. The van der Waals surface area contributed by atoms with Crippen molar-refractivity contribution in [2.75, 3.05) is 19.8 Å². The van der Waals surface area contributed by atoms with E-state index in [2.05, 4.69) is 0 Å². The van der Waals surface area contributed by atoms with Gasteiger partial charge in [0.15, 0.2) is 0 Å². The molecule has 1 rings (SSSR count). The van der Waals surface area contributed by atoms with Crippen molar-refractivity contribution in [3.63, 3.8) is 0 Å². The van der Waals surface area contributed by atoms with Crippen LogP contribution in [0.4, 0.5) is 0 Å². The van der Waals surface area contributed by atoms with E-state index in [0.29, 0.717) is 19.8 Å². The van der Waals surface area contributed by atoms with Gasteiger partial charge >= 0.3 is 8.80 Å². The Hall–Kier alpha value is -0.393. The standard InChI is InChI=1S/C15H25ClO3Si/c1-4-17-20(18-5-2,19-6-3)13-12-15(16)14-10-8-7-9-11-14/h7-11,15H,4-6,12-13H2,1-3H3. The second kappa shape index (κ2) is 9.53. The molecule has 0 saturated carbocycles. The van der Waals surface area contributed by atoms with Gasteiger partial charge in [0.05, 0.1) is 5.38 Å². The average Bonchev–Trinajstić information content (AvgIpc) is 2.46. The largest absolute Gasteiger partial charge is 0.500 e. The van der Waals surface area contributed by atoms with Crippen molar-refractivity contribution in [1.82, 2.24) is 0 Å². The van der Waals surface area contributed by atoms with Crippen LogP contribution in [0.2, 0.25) is 6.04 Å². The zero-order chi connectivity index (χ0) is 14.8. The predicted molar refractivity (Wildman–Crippen MR) is 85.1 cm³/mol. The first-order valence-electron chi connectivity index (χ1n) is 7.28. The monoisotopic (exact) mass is 316 g/mol. The van der Waals surface area contributed by atoms with Gasteiger partial charge in [0.1, 0.15) is 0 Å². The first-order valence-corrected chi connectivity index (χ1v) is 9.65. The van der Waals surface area contributed by atoms with Crippen LogP contribution in [0.1, 0.15) is 38.1 Å². The molecule has 0 amide bonds. The Kier molecular flexibility index (Phi) is 8.41. The molecule has 0 spiro atoms. The Morgan fingerprint density at radius 3 is 1.90 bits per heavy atom. The molecule has 114 valence electrons. The van der Waals surface area contributed by atoms with Gasteiger partial charge in [0.2, 0.25) is 0 Å². The normalized spacial score (nSPS) is 13.4. The number of rotatable bonds is 10. The van der Waals surface area contributed by atoms with E-state index in [4.69, 9.17) is 24.9 Å². The molecule has 5 heteroatoms. The van der Waals surface area contributed by atoms with Crippen molar-refractivity contribution in [1.29, 1.82) is 0 Å². The topological polar surface area (TPSA) is 27.7 Å². The second-order valence-corrected chi connectivity index (χ2v) is 7.66. The summed E-state index contributed by atoms with van der Waals surface area (Å²) < 4.78 is 17.5. The maximum Gasteiger partial charge on any atom is 0.500 e. The Morgan fingerprint density at radius 2 is 1.45 bits per heavy atom. The van der Waals surface area contributed by atoms with Crippen LogP contribution < -0.4 is 0 Å². The van der Waals surface area contributed by atoms with Crippen LogP contribution in [0.5, 0.6) is 0 Å². The molecule has 1 aromatic rings. The quantitative estimate of drug-likeness (QED) is 0.473. The lowest BCUT2D eigenvalue weighted by Gasteiger charge is -2.29. The highest BCUT2D eigenvalue weighted by Crippen LogP contribution is 2.30. The lowest BCUT2D eigenvalue weighted by atomic mass is 10.1. The third-order valence-corrected chi connectivity index (χ3v) is 6.51. The van der Waals surface area contributed by atoms with E-state index in [1.807, 2.05) is 51.1 Å². The van der Waals surface area contributed by atoms with Crippen LogP contribution in [0.3, 0.4) is 0 Å². The van der Waals surface area contributed by atoms with Gasteiger partial charge in [-0.05, 0) is 32.8 Å². The lowest BCUT2D eigenvalue weighted by Crippen LogP contribution is -2.46. The maximum atomic E-state index is 6.47. The van der Waals surface area contributed by atoms with Gasteiger partial charge in [-0.3, -0.25) is 0 Å². The SMILES string of the molecule is CCO[Si](CCC(Cl)c1ccccc1)(OCC)OCC. The van der Waals surface area contributed by atoms with Crippen LogP contribution in [0, 0.1) is 0 Å². The molecule has 0 N–H and O–H groups in total. The van der Waals surface area contributed by atoms with Crippen LogP contribution >= 0.6 is 11.6 Å². The molecular formula is C15H25ClO3Si. The van der Waals surface area contributed by atoms with Crippen molar-refractivity contribution < 1.29 is 13.3 Å². The smallest absolute Gasteiger partial charge is 0.374 e. The maximum absolute atomic E-state index is 6.47. The number of hydrogen-bond acceptors (Lipinski definition) is 3. The summed E-state index contributed by atoms with van der Waals surface area (Å²) in [7, 11) is -2.58. The number of alkyl halides is 1. The molecular weight excluding hydrogens is 292 g/mol. The minimum absolute atomic E-state index is 0.0376. The summed E-state index contributed by atoms with van der Waals surface area (Å²) in [4.78, 5) is 0. The van der Waals surface area contributed by atoms with Gasteiger partial charge in [0.25, 0.3) is 0 Å². The van der Waals surface area contributed by atoms with Crippen LogP contribution in [0.25, 0.3) is 0 Å². The predicted octanol–water partition coefficient (Wildman–Crippen LogP) is 4.41. The van der Waals surface area contributed by atoms with E-state index >= 15 is 0 Å². The van der Waals surface area contributed by atoms with E-state index < -0.39 is 8.80 Å². The minimum atomic E-state index is -2.58. The minimum Gasteiger partial charge on any atom is -0.374 e. The van der Waals surface area contributed by atoms with E-state index in [0.717, 1.165) is 18.0 Å². The number of hydrogen-bond donors (Lipinski definition) is 0. The highest BCUT2D eigenvalue weighted by atomic mass is 35.5. The Labute approximate surface area is 128 Å². The number of halogens is 1. The Balaban J connectivity index is 2.64. The zero-order valence-electron chi connectivity index (χ0n) is 12.6. The van der Waals surface area contributed by atoms with E-state index in [1.54, 1.807) is 0 Å². The molecule has 20 heavy (non-hydrogen) atoms. The first kappa shape index (κ1) is 17.7. The molecule has 0 heterocycles. The summed E-state index contributed by atoms with van der Waals surface area (Å²) in [5, 5.41) is -0.0376. The fourth-order valence-corrected chi connectivity index (χ4v) is 5.22. The van der Waals surface area contributed by atoms with Gasteiger partial charge in [-0.15, -0.1) is 11.6 Å². The van der Waals surface area contributed by atoms with Gasteiger partial charge in [-0.1, -0.05) is 30.3 Å². The summed E-state index contributed by atoms with van der Waals surface area (Å²) in [5.74, 6) is 0. The Morgan fingerprint density at radius 1 is 0.950 bits per heavy atom. The Bertz CT molecular complexity index is 344. The molecule has 0 aromatic heterocycles. The van der Waals surface area contributed by atoms with Gasteiger partial charge < -0.3 is 13.3 Å². The fourth-order valence-electron chi connectivity index (χ4n) is 2.13. The van der Waals surface area contributed by atoms with Crippen molar-refractivity contribution in [2.45, 2.75) is 38.6 Å². The van der Waals surface area contributed by atoms with Crippen molar-refractivity contribution in [3.05, 3.63) is 35.9 Å². The molecule has 1 aromatic carbocycles. The third kappa shape index (κ3) is 5.54. The van der Waals surface area contributed by atoms with Crippen molar-refractivity contribution in [2.24, 2.45) is 0 Å². The van der Waals surface area contributed by atoms with Gasteiger partial charge in [-0.25, -0.2) is 0 Å².